The number of halogens is 2. The van der Waals surface area contributed by atoms with Crippen molar-refractivity contribution in [3.05, 3.63) is 48.4 Å². The van der Waals surface area contributed by atoms with Gasteiger partial charge in [-0.15, -0.1) is 0 Å². The van der Waals surface area contributed by atoms with Crippen molar-refractivity contribution in [2.45, 2.75) is 25.7 Å². The molecule has 1 aromatic rings. The Balaban J connectivity index is 0.000000174. The van der Waals surface area contributed by atoms with Crippen molar-refractivity contribution in [2.24, 2.45) is 4.99 Å². The minimum atomic E-state index is -0.383. The summed E-state index contributed by atoms with van der Waals surface area (Å²) in [6, 6.07) is 3.20. The van der Waals surface area contributed by atoms with Crippen molar-refractivity contribution in [3.8, 4) is 0 Å². The van der Waals surface area contributed by atoms with Gasteiger partial charge in [-0.1, -0.05) is 6.58 Å². The van der Waals surface area contributed by atoms with Gasteiger partial charge in [-0.2, -0.15) is 0 Å². The maximum atomic E-state index is 13.0. The second kappa shape index (κ2) is 9.15. The Labute approximate surface area is 142 Å². The summed E-state index contributed by atoms with van der Waals surface area (Å²) in [6.07, 6.45) is 7.08. The average molecular weight is 334 g/mol. The second-order valence-corrected chi connectivity index (χ2v) is 5.76. The van der Waals surface area contributed by atoms with E-state index in [9.17, 15) is 8.78 Å². The van der Waals surface area contributed by atoms with Crippen LogP contribution in [0.1, 0.15) is 25.7 Å². The molecule has 6 heteroatoms. The molecule has 0 aromatic carbocycles. The smallest absolute Gasteiger partial charge is 0.164 e. The van der Waals surface area contributed by atoms with E-state index in [1.165, 1.54) is 31.2 Å². The lowest BCUT2D eigenvalue weighted by atomic mass is 10.4. The molecule has 0 radical (unpaired) electrons. The highest BCUT2D eigenvalue weighted by atomic mass is 19.1. The molecule has 2 aliphatic rings. The Bertz CT molecular complexity index is 571. The van der Waals surface area contributed by atoms with Crippen LogP contribution >= 0.6 is 0 Å². The fourth-order valence-corrected chi connectivity index (χ4v) is 2.85. The van der Waals surface area contributed by atoms with Crippen LogP contribution in [0.4, 0.5) is 14.6 Å². The Kier molecular flexibility index (Phi) is 6.90. The lowest BCUT2D eigenvalue weighted by molar-refractivity contribution is 0.403. The van der Waals surface area contributed by atoms with Crippen LogP contribution in [-0.2, 0) is 0 Å². The van der Waals surface area contributed by atoms with E-state index in [0.29, 0.717) is 5.82 Å². The van der Waals surface area contributed by atoms with Gasteiger partial charge in [0, 0.05) is 26.2 Å². The highest BCUT2D eigenvalue weighted by Crippen LogP contribution is 2.19. The van der Waals surface area contributed by atoms with Crippen molar-refractivity contribution < 1.29 is 8.78 Å². The molecule has 0 bridgehead atoms. The van der Waals surface area contributed by atoms with Crippen LogP contribution in [-0.4, -0.2) is 42.8 Å². The predicted octanol–water partition coefficient (Wildman–Crippen LogP) is 3.93. The summed E-state index contributed by atoms with van der Waals surface area (Å²) in [5.74, 6) is 0.584. The topological polar surface area (TPSA) is 31.7 Å². The lowest BCUT2D eigenvalue weighted by Crippen LogP contribution is -2.18. The lowest BCUT2D eigenvalue weighted by Gasteiger charge is -2.16. The molecule has 2 aliphatic heterocycles. The van der Waals surface area contributed by atoms with Gasteiger partial charge in [0.2, 0.25) is 0 Å². The van der Waals surface area contributed by atoms with Crippen molar-refractivity contribution >= 4 is 12.5 Å². The van der Waals surface area contributed by atoms with Gasteiger partial charge in [-0.25, -0.2) is 18.8 Å². The van der Waals surface area contributed by atoms with Crippen LogP contribution < -0.4 is 4.90 Å². The molecule has 2 fully saturated rings. The van der Waals surface area contributed by atoms with Gasteiger partial charge in [-0.05, 0) is 50.6 Å². The number of anilines is 1. The van der Waals surface area contributed by atoms with Crippen LogP contribution in [0.5, 0.6) is 0 Å². The van der Waals surface area contributed by atoms with Gasteiger partial charge in [0.1, 0.15) is 11.6 Å². The summed E-state index contributed by atoms with van der Waals surface area (Å²) >= 11 is 0. The van der Waals surface area contributed by atoms with Gasteiger partial charge in [0.05, 0.1) is 6.20 Å². The normalized spacial score (nSPS) is 17.9. The van der Waals surface area contributed by atoms with Crippen LogP contribution in [0, 0.1) is 5.82 Å². The molecule has 0 saturated carbocycles. The molecule has 3 heterocycles. The fraction of sp³-hybridized carbons (Fsp3) is 0.444. The maximum absolute atomic E-state index is 13.0. The molecule has 0 N–H and O–H groups in total. The first-order valence-corrected chi connectivity index (χ1v) is 8.26. The average Bonchev–Trinajstić information content (AvgIpc) is 3.30. The Hall–Kier alpha value is -2.24. The van der Waals surface area contributed by atoms with E-state index >= 15 is 0 Å². The second-order valence-electron chi connectivity index (χ2n) is 5.76. The molecule has 4 nitrogen and oxygen atoms in total. The van der Waals surface area contributed by atoms with Crippen LogP contribution in [0.15, 0.2) is 47.6 Å². The van der Waals surface area contributed by atoms with Crippen LogP contribution in [0.3, 0.4) is 0 Å². The maximum Gasteiger partial charge on any atom is 0.164 e. The van der Waals surface area contributed by atoms with E-state index in [-0.39, 0.29) is 11.6 Å². The number of pyridine rings is 1. The number of allylic oxidation sites excluding steroid dienone is 2. The Morgan fingerprint density at radius 1 is 1.12 bits per heavy atom. The molecule has 2 saturated heterocycles. The first kappa shape index (κ1) is 18.1. The third kappa shape index (κ3) is 4.88. The zero-order valence-corrected chi connectivity index (χ0v) is 13.9. The van der Waals surface area contributed by atoms with Crippen molar-refractivity contribution in [1.82, 2.24) is 9.88 Å². The summed E-state index contributed by atoms with van der Waals surface area (Å²) in [6.45, 7) is 10.5. The monoisotopic (exact) mass is 334 g/mol. The van der Waals surface area contributed by atoms with E-state index in [4.69, 9.17) is 0 Å². The summed E-state index contributed by atoms with van der Waals surface area (Å²) < 4.78 is 25.5. The predicted molar refractivity (Wildman–Crippen MR) is 94.3 cm³/mol. The van der Waals surface area contributed by atoms with Gasteiger partial charge >= 0.3 is 0 Å². The molecule has 130 valence electrons. The largest absolute Gasteiger partial charge is 0.357 e. The van der Waals surface area contributed by atoms with Gasteiger partial charge < -0.3 is 9.80 Å². The molecule has 0 unspecified atom stereocenters. The Morgan fingerprint density at radius 2 is 1.75 bits per heavy atom. The van der Waals surface area contributed by atoms with Gasteiger partial charge in [0.25, 0.3) is 0 Å². The molecule has 0 aliphatic carbocycles. The number of rotatable bonds is 4. The number of aromatic nitrogens is 1. The van der Waals surface area contributed by atoms with E-state index < -0.39 is 0 Å². The van der Waals surface area contributed by atoms with E-state index in [1.54, 1.807) is 6.07 Å². The number of hydrogen-bond acceptors (Lipinski definition) is 4. The summed E-state index contributed by atoms with van der Waals surface area (Å²) in [7, 11) is 0. The summed E-state index contributed by atoms with van der Waals surface area (Å²) in [5, 5.41) is 0. The fourth-order valence-electron chi connectivity index (χ4n) is 2.85. The zero-order valence-electron chi connectivity index (χ0n) is 13.9. The van der Waals surface area contributed by atoms with Crippen molar-refractivity contribution in [1.29, 1.82) is 0 Å². The minimum absolute atomic E-state index is 0.266. The molecule has 24 heavy (non-hydrogen) atoms. The van der Waals surface area contributed by atoms with Crippen molar-refractivity contribution in [2.75, 3.05) is 31.1 Å². The molecule has 0 atom stereocenters. The summed E-state index contributed by atoms with van der Waals surface area (Å²) in [5.41, 5.74) is 0. The standard InChI is InChI=1S/C9H11FN2.C9H13FN2/c10-8-3-4-9(11-7-8)12-5-1-2-6-12;1-3-8(10)9(11-2)12-6-4-5-7-12/h3-4,7H,1-2,5-6H2;3H,1-2,4-7H2/b;9-8-. The molecular formula is C18H24F2N4. The molecule has 0 amide bonds. The van der Waals surface area contributed by atoms with Gasteiger partial charge in [0.15, 0.2) is 11.6 Å². The zero-order chi connectivity index (χ0) is 17.4. The van der Waals surface area contributed by atoms with E-state index in [1.807, 2.05) is 4.90 Å². The molecular weight excluding hydrogens is 310 g/mol. The molecule has 3 rings (SSSR count). The van der Waals surface area contributed by atoms with Crippen LogP contribution in [0.25, 0.3) is 0 Å². The Morgan fingerprint density at radius 3 is 2.25 bits per heavy atom. The van der Waals surface area contributed by atoms with E-state index in [0.717, 1.165) is 44.8 Å². The van der Waals surface area contributed by atoms with E-state index in [2.05, 4.69) is 28.2 Å². The highest BCUT2D eigenvalue weighted by Gasteiger charge is 2.16. The number of aliphatic imine (C=N–C) groups is 1. The van der Waals surface area contributed by atoms with Crippen molar-refractivity contribution in [3.63, 3.8) is 0 Å². The first-order chi connectivity index (χ1) is 11.7. The SMILES string of the molecule is C=C/C(F)=C(\N=C)N1CCCC1.Fc1ccc(N2CCCC2)nc1. The quantitative estimate of drug-likeness (QED) is 0.618. The summed E-state index contributed by atoms with van der Waals surface area (Å²) in [4.78, 5) is 11.7. The minimum Gasteiger partial charge on any atom is -0.357 e. The first-order valence-electron chi connectivity index (χ1n) is 8.26. The third-order valence-electron chi connectivity index (χ3n) is 4.09. The number of likely N-dealkylation sites (tertiary alicyclic amines) is 1. The molecule has 0 spiro atoms. The third-order valence-corrected chi connectivity index (χ3v) is 4.09. The highest BCUT2D eigenvalue weighted by molar-refractivity contribution is 5.38. The molecule has 1 aromatic heterocycles. The number of nitrogens with zero attached hydrogens (tertiary/aromatic N) is 4. The van der Waals surface area contributed by atoms with Crippen LogP contribution in [0.2, 0.25) is 0 Å². The number of hydrogen-bond donors (Lipinski definition) is 0. The van der Waals surface area contributed by atoms with Gasteiger partial charge in [-0.3, -0.25) is 0 Å².